The Balaban J connectivity index is 2.13. The molecule has 0 radical (unpaired) electrons. The first kappa shape index (κ1) is 14.5. The van der Waals surface area contributed by atoms with E-state index in [9.17, 15) is 0 Å². The van der Waals surface area contributed by atoms with E-state index in [-0.39, 0.29) is 5.95 Å². The molecule has 0 atom stereocenters. The number of hydrogen-bond acceptors (Lipinski definition) is 6. The number of hydrogen-bond donors (Lipinski definition) is 2. The Kier molecular flexibility index (Phi) is 3.58. The maximum Gasteiger partial charge on any atom is 0.223 e. The van der Waals surface area contributed by atoms with E-state index in [0.29, 0.717) is 5.82 Å². The highest BCUT2D eigenvalue weighted by molar-refractivity contribution is 7.99. The number of methoxy groups -OCH3 is 1. The van der Waals surface area contributed by atoms with E-state index < -0.39 is 0 Å². The monoisotopic (exact) mass is 315 g/mol. The van der Waals surface area contributed by atoms with Gasteiger partial charge in [-0.3, -0.25) is 0 Å². The van der Waals surface area contributed by atoms with E-state index in [2.05, 4.69) is 9.97 Å². The Morgan fingerprint density at radius 1 is 1.23 bits per heavy atom. The summed E-state index contributed by atoms with van der Waals surface area (Å²) in [4.78, 5) is 9.43. The molecule has 2 heterocycles. The van der Waals surface area contributed by atoms with Crippen molar-refractivity contribution >= 4 is 34.6 Å². The van der Waals surface area contributed by atoms with E-state index in [4.69, 9.17) is 16.2 Å². The minimum absolute atomic E-state index is 0.184. The Hall–Kier alpha value is -2.41. The van der Waals surface area contributed by atoms with Gasteiger partial charge in [-0.05, 0) is 30.7 Å². The van der Waals surface area contributed by atoms with Crippen LogP contribution in [0.3, 0.4) is 0 Å². The lowest BCUT2D eigenvalue weighted by atomic mass is 10.2. The van der Waals surface area contributed by atoms with Gasteiger partial charge >= 0.3 is 0 Å². The molecule has 0 amide bonds. The van der Waals surface area contributed by atoms with Gasteiger partial charge in [0.05, 0.1) is 17.5 Å². The van der Waals surface area contributed by atoms with Crippen molar-refractivity contribution in [2.45, 2.75) is 16.8 Å². The number of ether oxygens (including phenoxy) is 1. The summed E-state index contributed by atoms with van der Waals surface area (Å²) in [5.41, 5.74) is 13.5. The molecule has 2 aromatic heterocycles. The Morgan fingerprint density at radius 2 is 2.00 bits per heavy atom. The summed E-state index contributed by atoms with van der Waals surface area (Å²) in [6, 6.07) is 7.91. The Labute approximate surface area is 132 Å². The third kappa shape index (κ3) is 2.33. The summed E-state index contributed by atoms with van der Waals surface area (Å²) < 4.78 is 7.26. The van der Waals surface area contributed by atoms with Crippen LogP contribution < -0.4 is 16.2 Å². The fourth-order valence-electron chi connectivity index (χ4n) is 2.46. The fraction of sp³-hybridized carbons (Fsp3) is 0.200. The molecule has 0 spiro atoms. The third-order valence-electron chi connectivity index (χ3n) is 3.51. The molecule has 0 aliphatic carbocycles. The fourth-order valence-corrected chi connectivity index (χ4v) is 3.49. The number of fused-ring (bicyclic) bond motifs is 1. The second-order valence-electron chi connectivity index (χ2n) is 4.94. The molecule has 6 nitrogen and oxygen atoms in total. The number of aromatic nitrogens is 3. The van der Waals surface area contributed by atoms with Crippen LogP contribution in [0.4, 0.5) is 11.8 Å². The zero-order valence-corrected chi connectivity index (χ0v) is 13.4. The van der Waals surface area contributed by atoms with Gasteiger partial charge < -0.3 is 20.8 Å². The molecule has 0 bridgehead atoms. The lowest BCUT2D eigenvalue weighted by molar-refractivity contribution is 0.413. The van der Waals surface area contributed by atoms with Gasteiger partial charge in [-0.25, -0.2) is 0 Å². The molecular weight excluding hydrogens is 298 g/mol. The van der Waals surface area contributed by atoms with Crippen LogP contribution >= 0.6 is 11.8 Å². The van der Waals surface area contributed by atoms with Crippen LogP contribution in [0.5, 0.6) is 5.75 Å². The molecule has 0 aliphatic heterocycles. The van der Waals surface area contributed by atoms with Crippen LogP contribution in [0.1, 0.15) is 5.56 Å². The molecule has 0 fully saturated rings. The molecule has 3 aromatic rings. The first-order valence-electron chi connectivity index (χ1n) is 6.71. The molecule has 1 aromatic carbocycles. The van der Waals surface area contributed by atoms with Crippen LogP contribution in [-0.4, -0.2) is 21.6 Å². The highest BCUT2D eigenvalue weighted by Crippen LogP contribution is 2.38. The van der Waals surface area contributed by atoms with Crippen molar-refractivity contribution in [3.05, 3.63) is 29.8 Å². The number of anilines is 2. The number of nitrogens with two attached hydrogens (primary N) is 2. The third-order valence-corrected chi connectivity index (χ3v) is 4.77. The van der Waals surface area contributed by atoms with Crippen LogP contribution in [0, 0.1) is 6.92 Å². The summed E-state index contributed by atoms with van der Waals surface area (Å²) in [7, 11) is 3.61. The van der Waals surface area contributed by atoms with Crippen molar-refractivity contribution in [3.63, 3.8) is 0 Å². The van der Waals surface area contributed by atoms with Crippen molar-refractivity contribution in [1.82, 2.24) is 14.5 Å². The minimum Gasteiger partial charge on any atom is -0.497 e. The molecule has 4 N–H and O–H groups in total. The van der Waals surface area contributed by atoms with Crippen LogP contribution in [0.15, 0.2) is 34.2 Å². The van der Waals surface area contributed by atoms with E-state index in [1.807, 2.05) is 42.8 Å². The molecule has 0 unspecified atom stereocenters. The predicted octanol–water partition coefficient (Wildman–Crippen LogP) is 2.60. The van der Waals surface area contributed by atoms with Gasteiger partial charge in [0.1, 0.15) is 17.2 Å². The Bertz CT molecular complexity index is 859. The van der Waals surface area contributed by atoms with Crippen molar-refractivity contribution in [2.24, 2.45) is 7.05 Å². The van der Waals surface area contributed by atoms with Crippen LogP contribution in [0.25, 0.3) is 11.0 Å². The van der Waals surface area contributed by atoms with E-state index in [1.54, 1.807) is 18.9 Å². The topological polar surface area (TPSA) is 92.0 Å². The van der Waals surface area contributed by atoms with Gasteiger partial charge in [0.25, 0.3) is 0 Å². The van der Waals surface area contributed by atoms with E-state index in [0.717, 1.165) is 32.3 Å². The maximum atomic E-state index is 6.01. The van der Waals surface area contributed by atoms with Crippen LogP contribution in [-0.2, 0) is 7.05 Å². The highest BCUT2D eigenvalue weighted by atomic mass is 32.2. The predicted molar refractivity (Wildman–Crippen MR) is 89.2 cm³/mol. The Morgan fingerprint density at radius 3 is 2.73 bits per heavy atom. The number of aryl methyl sites for hydroxylation is 2. The summed E-state index contributed by atoms with van der Waals surface area (Å²) in [5, 5.41) is 1.90. The van der Waals surface area contributed by atoms with E-state index in [1.165, 1.54) is 0 Å². The molecule has 0 saturated carbocycles. The van der Waals surface area contributed by atoms with Gasteiger partial charge in [-0.1, -0.05) is 17.8 Å². The van der Waals surface area contributed by atoms with Gasteiger partial charge in [0.2, 0.25) is 5.95 Å². The maximum absolute atomic E-state index is 6.01. The first-order valence-corrected chi connectivity index (χ1v) is 7.52. The molecule has 22 heavy (non-hydrogen) atoms. The molecule has 114 valence electrons. The molecule has 7 heteroatoms. The summed E-state index contributed by atoms with van der Waals surface area (Å²) in [5.74, 6) is 1.42. The number of rotatable bonds is 3. The average Bonchev–Trinajstić information content (AvgIpc) is 2.72. The molecule has 0 saturated heterocycles. The first-order chi connectivity index (χ1) is 10.5. The number of benzene rings is 1. The van der Waals surface area contributed by atoms with Gasteiger partial charge in [0, 0.05) is 11.9 Å². The van der Waals surface area contributed by atoms with Gasteiger partial charge in [-0.2, -0.15) is 9.97 Å². The smallest absolute Gasteiger partial charge is 0.223 e. The van der Waals surface area contributed by atoms with Crippen LogP contribution in [0.2, 0.25) is 0 Å². The largest absolute Gasteiger partial charge is 0.497 e. The zero-order chi connectivity index (χ0) is 15.9. The van der Waals surface area contributed by atoms with E-state index >= 15 is 0 Å². The summed E-state index contributed by atoms with van der Waals surface area (Å²) in [6.45, 7) is 2.01. The molecule has 0 aliphatic rings. The minimum atomic E-state index is 0.184. The van der Waals surface area contributed by atoms with Crippen molar-refractivity contribution in [3.8, 4) is 5.75 Å². The number of nitrogen functional groups attached to an aromatic ring is 2. The van der Waals surface area contributed by atoms with Crippen molar-refractivity contribution in [1.29, 1.82) is 0 Å². The highest BCUT2D eigenvalue weighted by Gasteiger charge is 2.18. The second-order valence-corrected chi connectivity index (χ2v) is 6.00. The number of nitrogens with zero attached hydrogens (tertiary/aromatic N) is 3. The lowest BCUT2D eigenvalue weighted by Crippen LogP contribution is -2.01. The normalized spacial score (nSPS) is 11.0. The van der Waals surface area contributed by atoms with Crippen molar-refractivity contribution in [2.75, 3.05) is 18.6 Å². The summed E-state index contributed by atoms with van der Waals surface area (Å²) >= 11 is 1.63. The molecule has 3 rings (SSSR count). The summed E-state index contributed by atoms with van der Waals surface area (Å²) in [6.07, 6.45) is 0. The van der Waals surface area contributed by atoms with Gasteiger partial charge in [-0.15, -0.1) is 0 Å². The van der Waals surface area contributed by atoms with Gasteiger partial charge in [0.15, 0.2) is 0 Å². The standard InChI is InChI=1S/C15H17N5OS/c1-8-11-12(16)18-15(17)19-13(11)20(2)14(8)22-10-6-4-5-9(7-10)21-3/h4-7H,1-3H3,(H4,16,17,18,19). The molecular formula is C15H17N5OS. The average molecular weight is 315 g/mol. The lowest BCUT2D eigenvalue weighted by Gasteiger charge is -2.06. The second kappa shape index (κ2) is 5.42. The quantitative estimate of drug-likeness (QED) is 0.772. The SMILES string of the molecule is COc1cccc(Sc2c(C)c3c(N)nc(N)nc3n2C)c1. The van der Waals surface area contributed by atoms with Crippen molar-refractivity contribution < 1.29 is 4.74 Å². The zero-order valence-electron chi connectivity index (χ0n) is 12.6.